The lowest BCUT2D eigenvalue weighted by atomic mass is 9.94. The van der Waals surface area contributed by atoms with Crippen LogP contribution < -0.4 is 4.90 Å². The predicted octanol–water partition coefficient (Wildman–Crippen LogP) is 2.42. The van der Waals surface area contributed by atoms with Crippen LogP contribution in [0, 0.1) is 16.0 Å². The molecule has 8 nitrogen and oxygen atoms in total. The highest BCUT2D eigenvalue weighted by Crippen LogP contribution is 2.30. The number of anilines is 1. The van der Waals surface area contributed by atoms with Gasteiger partial charge in [-0.25, -0.2) is 0 Å². The third-order valence-electron chi connectivity index (χ3n) is 6.54. The molecular weight excluding hydrogens is 372 g/mol. The van der Waals surface area contributed by atoms with Crippen molar-refractivity contribution < 1.29 is 14.5 Å². The van der Waals surface area contributed by atoms with Gasteiger partial charge in [-0.1, -0.05) is 19.3 Å². The molecule has 1 aliphatic carbocycles. The maximum Gasteiger partial charge on any atom is 0.269 e. The number of hydrogen-bond acceptors (Lipinski definition) is 5. The summed E-state index contributed by atoms with van der Waals surface area (Å²) in [5.74, 6) is 0.0233. The Morgan fingerprint density at radius 3 is 2.28 bits per heavy atom. The maximum atomic E-state index is 13.0. The van der Waals surface area contributed by atoms with Crippen LogP contribution in [0.3, 0.4) is 0 Å². The van der Waals surface area contributed by atoms with Gasteiger partial charge in [0.1, 0.15) is 0 Å². The molecule has 0 aromatic heterocycles. The SMILES string of the molecule is O=C(C1CC(=O)N(C2CCCCC2)C1)N1CCN(c2ccc([N+](=O)[O-])cc2)CC1. The second-order valence-electron chi connectivity index (χ2n) is 8.32. The Labute approximate surface area is 170 Å². The lowest BCUT2D eigenvalue weighted by Gasteiger charge is -2.37. The van der Waals surface area contributed by atoms with Crippen molar-refractivity contribution in [1.29, 1.82) is 0 Å². The van der Waals surface area contributed by atoms with Gasteiger partial charge < -0.3 is 14.7 Å². The molecule has 0 radical (unpaired) electrons. The molecule has 8 heteroatoms. The first-order valence-corrected chi connectivity index (χ1v) is 10.6. The van der Waals surface area contributed by atoms with Crippen LogP contribution in [0.15, 0.2) is 24.3 Å². The molecule has 3 aliphatic rings. The van der Waals surface area contributed by atoms with Gasteiger partial charge in [0.05, 0.1) is 10.8 Å². The van der Waals surface area contributed by atoms with E-state index in [1.165, 1.54) is 31.4 Å². The van der Waals surface area contributed by atoms with Gasteiger partial charge in [-0.2, -0.15) is 0 Å². The van der Waals surface area contributed by atoms with Crippen molar-refractivity contribution in [3.8, 4) is 0 Å². The van der Waals surface area contributed by atoms with Gasteiger partial charge in [0.2, 0.25) is 11.8 Å². The zero-order chi connectivity index (χ0) is 20.4. The minimum absolute atomic E-state index is 0.0796. The summed E-state index contributed by atoms with van der Waals surface area (Å²) in [6.07, 6.45) is 6.09. The van der Waals surface area contributed by atoms with Crippen molar-refractivity contribution in [2.75, 3.05) is 37.6 Å². The van der Waals surface area contributed by atoms with Crippen LogP contribution in [0.1, 0.15) is 38.5 Å². The molecule has 2 amide bonds. The maximum absolute atomic E-state index is 13.0. The van der Waals surface area contributed by atoms with Crippen molar-refractivity contribution in [2.24, 2.45) is 5.92 Å². The van der Waals surface area contributed by atoms with E-state index in [0.717, 1.165) is 18.5 Å². The number of rotatable bonds is 4. The average molecular weight is 400 g/mol. The summed E-state index contributed by atoms with van der Waals surface area (Å²) in [7, 11) is 0. The molecule has 1 unspecified atom stereocenters. The quantitative estimate of drug-likeness (QED) is 0.572. The zero-order valence-electron chi connectivity index (χ0n) is 16.7. The highest BCUT2D eigenvalue weighted by molar-refractivity contribution is 5.89. The summed E-state index contributed by atoms with van der Waals surface area (Å²) in [6.45, 7) is 3.19. The number of hydrogen-bond donors (Lipinski definition) is 0. The van der Waals surface area contributed by atoms with Gasteiger partial charge >= 0.3 is 0 Å². The molecule has 3 fully saturated rings. The Morgan fingerprint density at radius 2 is 1.66 bits per heavy atom. The van der Waals surface area contributed by atoms with Gasteiger partial charge in [-0.15, -0.1) is 0 Å². The van der Waals surface area contributed by atoms with Gasteiger partial charge in [-0.05, 0) is 25.0 Å². The number of carbonyl (C=O) groups is 2. The fourth-order valence-electron chi connectivity index (χ4n) is 4.87. The van der Waals surface area contributed by atoms with E-state index in [4.69, 9.17) is 0 Å². The molecule has 1 aromatic carbocycles. The van der Waals surface area contributed by atoms with Crippen molar-refractivity contribution in [3.05, 3.63) is 34.4 Å². The first kappa shape index (κ1) is 19.7. The molecule has 2 heterocycles. The summed E-state index contributed by atoms with van der Waals surface area (Å²) in [5, 5.41) is 10.8. The number of non-ortho nitro benzene ring substituents is 1. The molecule has 4 rings (SSSR count). The molecule has 156 valence electrons. The Kier molecular flexibility index (Phi) is 5.69. The first-order chi connectivity index (χ1) is 14.0. The highest BCUT2D eigenvalue weighted by Gasteiger charge is 2.40. The summed E-state index contributed by atoms with van der Waals surface area (Å²) in [6, 6.07) is 6.86. The Balaban J connectivity index is 1.31. The lowest BCUT2D eigenvalue weighted by molar-refractivity contribution is -0.384. The summed E-state index contributed by atoms with van der Waals surface area (Å²) in [4.78, 5) is 41.9. The van der Waals surface area contributed by atoms with Crippen LogP contribution >= 0.6 is 0 Å². The second kappa shape index (κ2) is 8.39. The van der Waals surface area contributed by atoms with Crippen LogP contribution in [0.5, 0.6) is 0 Å². The van der Waals surface area contributed by atoms with Crippen LogP contribution in [-0.2, 0) is 9.59 Å². The molecule has 0 N–H and O–H groups in total. The van der Waals surface area contributed by atoms with Crippen LogP contribution in [0.2, 0.25) is 0 Å². The summed E-state index contributed by atoms with van der Waals surface area (Å²) < 4.78 is 0. The van der Waals surface area contributed by atoms with Crippen molar-refractivity contribution in [2.45, 2.75) is 44.6 Å². The van der Waals surface area contributed by atoms with E-state index in [2.05, 4.69) is 4.90 Å². The largest absolute Gasteiger partial charge is 0.368 e. The molecule has 1 aromatic rings. The number of benzene rings is 1. The number of nitro benzene ring substituents is 1. The normalized spacial score (nSPS) is 23.5. The summed E-state index contributed by atoms with van der Waals surface area (Å²) >= 11 is 0. The number of carbonyl (C=O) groups excluding carboxylic acids is 2. The van der Waals surface area contributed by atoms with Crippen molar-refractivity contribution in [1.82, 2.24) is 9.80 Å². The minimum atomic E-state index is -0.403. The van der Waals surface area contributed by atoms with Crippen LogP contribution in [0.4, 0.5) is 11.4 Å². The van der Waals surface area contributed by atoms with E-state index in [-0.39, 0.29) is 23.4 Å². The minimum Gasteiger partial charge on any atom is -0.368 e. The summed E-state index contributed by atoms with van der Waals surface area (Å²) in [5.41, 5.74) is 1.01. The van der Waals surface area contributed by atoms with Crippen LogP contribution in [-0.4, -0.2) is 65.3 Å². The van der Waals surface area contributed by atoms with Crippen LogP contribution in [0.25, 0.3) is 0 Å². The third kappa shape index (κ3) is 4.21. The Bertz CT molecular complexity index is 767. The monoisotopic (exact) mass is 400 g/mol. The van der Waals surface area contributed by atoms with E-state index < -0.39 is 4.92 Å². The first-order valence-electron chi connectivity index (χ1n) is 10.6. The molecule has 1 saturated carbocycles. The zero-order valence-corrected chi connectivity index (χ0v) is 16.7. The molecular formula is C21H28N4O4. The van der Waals surface area contributed by atoms with E-state index in [0.29, 0.717) is 45.2 Å². The third-order valence-corrected chi connectivity index (χ3v) is 6.54. The standard InChI is InChI=1S/C21H28N4O4/c26-20-14-16(15-24(20)18-4-2-1-3-5-18)21(27)23-12-10-22(11-13-23)17-6-8-19(9-7-17)25(28)29/h6-9,16,18H,1-5,10-15H2. The number of amides is 2. The molecule has 2 aliphatic heterocycles. The van der Waals surface area contributed by atoms with E-state index in [9.17, 15) is 19.7 Å². The van der Waals surface area contributed by atoms with Gasteiger partial charge in [-0.3, -0.25) is 19.7 Å². The lowest BCUT2D eigenvalue weighted by Crippen LogP contribution is -2.50. The molecule has 0 bridgehead atoms. The molecule has 1 atom stereocenters. The van der Waals surface area contributed by atoms with Crippen molar-refractivity contribution in [3.63, 3.8) is 0 Å². The van der Waals surface area contributed by atoms with E-state index in [1.807, 2.05) is 9.80 Å². The Hall–Kier alpha value is -2.64. The fraction of sp³-hybridized carbons (Fsp3) is 0.619. The number of nitro groups is 1. The highest BCUT2D eigenvalue weighted by atomic mass is 16.6. The second-order valence-corrected chi connectivity index (χ2v) is 8.32. The molecule has 29 heavy (non-hydrogen) atoms. The topological polar surface area (TPSA) is 87.0 Å². The average Bonchev–Trinajstić information content (AvgIpc) is 3.15. The van der Waals surface area contributed by atoms with Gasteiger partial charge in [0.25, 0.3) is 5.69 Å². The number of piperazine rings is 1. The van der Waals surface area contributed by atoms with Gasteiger partial charge in [0, 0.05) is 63.0 Å². The van der Waals surface area contributed by atoms with Gasteiger partial charge in [0.15, 0.2) is 0 Å². The molecule has 0 spiro atoms. The fourth-order valence-corrected chi connectivity index (χ4v) is 4.87. The Morgan fingerprint density at radius 1 is 1.00 bits per heavy atom. The van der Waals surface area contributed by atoms with E-state index in [1.54, 1.807) is 12.1 Å². The molecule has 2 saturated heterocycles. The smallest absolute Gasteiger partial charge is 0.269 e. The predicted molar refractivity (Wildman–Crippen MR) is 109 cm³/mol. The number of nitrogens with zero attached hydrogens (tertiary/aromatic N) is 4. The number of likely N-dealkylation sites (tertiary alicyclic amines) is 1. The van der Waals surface area contributed by atoms with E-state index >= 15 is 0 Å². The van der Waals surface area contributed by atoms with Crippen molar-refractivity contribution >= 4 is 23.2 Å².